The van der Waals surface area contributed by atoms with Gasteiger partial charge in [0.05, 0.1) is 26.9 Å². The first-order chi connectivity index (χ1) is 12.2. The molecule has 0 saturated heterocycles. The maximum Gasteiger partial charge on any atom is 0.406 e. The molecule has 0 spiro atoms. The largest absolute Gasteiger partial charge is 0.453 e. The van der Waals surface area contributed by atoms with Crippen LogP contribution in [0.1, 0.15) is 12.8 Å². The summed E-state index contributed by atoms with van der Waals surface area (Å²) in [5.74, 6) is 0.152. The number of ether oxygens (including phenoxy) is 3. The summed E-state index contributed by atoms with van der Waals surface area (Å²) in [4.78, 5) is 24.8. The van der Waals surface area contributed by atoms with Crippen molar-refractivity contribution in [2.45, 2.75) is 12.8 Å². The van der Waals surface area contributed by atoms with E-state index in [9.17, 15) is 9.59 Å². The van der Waals surface area contributed by atoms with Gasteiger partial charge in [-0.3, -0.25) is 4.79 Å². The number of amides is 2. The third-order valence-electron chi connectivity index (χ3n) is 3.37. The van der Waals surface area contributed by atoms with E-state index >= 15 is 0 Å². The smallest absolute Gasteiger partial charge is 0.406 e. The molecule has 9 heteroatoms. The minimum Gasteiger partial charge on any atom is -0.453 e. The molecular weight excluding hydrogens is 328 g/mol. The van der Waals surface area contributed by atoms with Crippen LogP contribution in [-0.2, 0) is 19.0 Å². The molecule has 0 unspecified atom stereocenters. The van der Waals surface area contributed by atoms with Gasteiger partial charge in [0.15, 0.2) is 0 Å². The van der Waals surface area contributed by atoms with Gasteiger partial charge in [-0.15, -0.1) is 0 Å². The van der Waals surface area contributed by atoms with Crippen molar-refractivity contribution in [2.75, 3.05) is 80.4 Å². The number of rotatable bonds is 16. The fourth-order valence-electron chi connectivity index (χ4n) is 1.96. The fourth-order valence-corrected chi connectivity index (χ4v) is 1.96. The standard InChI is InChI=1S/C16H34N4O5/c1-17-6-9-20(10-7-18-2)15(21)5-4-11-24-13-14-25-12-8-19-16(22)23-3/h17-18H,4-14H2,1-3H3,(H,19,22). The molecule has 3 N–H and O–H groups in total. The van der Waals surface area contributed by atoms with E-state index in [1.165, 1.54) is 7.11 Å². The van der Waals surface area contributed by atoms with Gasteiger partial charge in [0, 0.05) is 45.8 Å². The zero-order valence-corrected chi connectivity index (χ0v) is 15.8. The number of methoxy groups -OCH3 is 1. The summed E-state index contributed by atoms with van der Waals surface area (Å²) in [5.41, 5.74) is 0. The third-order valence-corrected chi connectivity index (χ3v) is 3.37. The number of carbonyl (C=O) groups is 2. The maximum atomic E-state index is 12.2. The molecule has 0 bridgehead atoms. The van der Waals surface area contributed by atoms with Gasteiger partial charge in [-0.05, 0) is 20.5 Å². The lowest BCUT2D eigenvalue weighted by atomic mass is 10.2. The van der Waals surface area contributed by atoms with Gasteiger partial charge in [-0.2, -0.15) is 0 Å². The lowest BCUT2D eigenvalue weighted by Crippen LogP contribution is -2.39. The highest BCUT2D eigenvalue weighted by Crippen LogP contribution is 1.98. The highest BCUT2D eigenvalue weighted by molar-refractivity contribution is 5.76. The number of nitrogens with one attached hydrogen (secondary N) is 3. The predicted molar refractivity (Wildman–Crippen MR) is 95.7 cm³/mol. The number of carbonyl (C=O) groups excluding carboxylic acids is 2. The van der Waals surface area contributed by atoms with E-state index in [2.05, 4.69) is 20.7 Å². The molecule has 2 amide bonds. The topological polar surface area (TPSA) is 101 Å². The van der Waals surface area contributed by atoms with Crippen molar-refractivity contribution in [3.8, 4) is 0 Å². The molecule has 0 saturated carbocycles. The van der Waals surface area contributed by atoms with Crippen molar-refractivity contribution in [1.29, 1.82) is 0 Å². The highest BCUT2D eigenvalue weighted by atomic mass is 16.5. The van der Waals surface area contributed by atoms with Crippen LogP contribution in [-0.4, -0.2) is 97.3 Å². The Bertz CT molecular complexity index is 336. The normalized spacial score (nSPS) is 10.5. The monoisotopic (exact) mass is 362 g/mol. The van der Waals surface area contributed by atoms with Crippen LogP contribution < -0.4 is 16.0 Å². The molecule has 0 heterocycles. The molecule has 0 aliphatic carbocycles. The Labute approximate surface area is 150 Å². The second-order valence-corrected chi connectivity index (χ2v) is 5.33. The van der Waals surface area contributed by atoms with Crippen molar-refractivity contribution in [3.05, 3.63) is 0 Å². The Morgan fingerprint density at radius 1 is 0.880 bits per heavy atom. The molecule has 0 aromatic heterocycles. The highest BCUT2D eigenvalue weighted by Gasteiger charge is 2.11. The predicted octanol–water partition coefficient (Wildman–Crippen LogP) is -0.577. The molecule has 9 nitrogen and oxygen atoms in total. The van der Waals surface area contributed by atoms with Crippen LogP contribution in [0, 0.1) is 0 Å². The van der Waals surface area contributed by atoms with E-state index in [0.717, 1.165) is 13.1 Å². The van der Waals surface area contributed by atoms with E-state index in [1.54, 1.807) is 0 Å². The molecule has 25 heavy (non-hydrogen) atoms. The quantitative estimate of drug-likeness (QED) is 0.316. The van der Waals surface area contributed by atoms with Crippen LogP contribution in [0.3, 0.4) is 0 Å². The first kappa shape index (κ1) is 23.6. The maximum absolute atomic E-state index is 12.2. The van der Waals surface area contributed by atoms with Crippen LogP contribution in [0.15, 0.2) is 0 Å². The molecule has 0 fully saturated rings. The van der Waals surface area contributed by atoms with Crippen LogP contribution in [0.5, 0.6) is 0 Å². The van der Waals surface area contributed by atoms with Crippen molar-refractivity contribution < 1.29 is 23.8 Å². The summed E-state index contributed by atoms with van der Waals surface area (Å²) < 4.78 is 15.2. The minimum absolute atomic E-state index is 0.152. The summed E-state index contributed by atoms with van der Waals surface area (Å²) in [6.45, 7) is 5.25. The number of nitrogens with zero attached hydrogens (tertiary/aromatic N) is 1. The number of alkyl carbamates (subject to hydrolysis) is 1. The molecule has 0 rings (SSSR count). The van der Waals surface area contributed by atoms with Crippen LogP contribution in [0.4, 0.5) is 4.79 Å². The summed E-state index contributed by atoms with van der Waals surface area (Å²) in [6.07, 6.45) is 0.707. The van der Waals surface area contributed by atoms with E-state index in [4.69, 9.17) is 9.47 Å². The summed E-state index contributed by atoms with van der Waals surface area (Å²) in [5, 5.41) is 8.64. The lowest BCUT2D eigenvalue weighted by molar-refractivity contribution is -0.131. The SMILES string of the molecule is CNCCN(CCNC)C(=O)CCCOCCOCCNC(=O)OC. The molecule has 0 aliphatic rings. The molecule has 0 aliphatic heterocycles. The molecule has 0 aromatic carbocycles. The molecule has 148 valence electrons. The number of likely N-dealkylation sites (N-methyl/N-ethyl adjacent to an activating group) is 2. The Kier molecular flexibility index (Phi) is 16.4. The molecule has 0 aromatic rings. The zero-order valence-electron chi connectivity index (χ0n) is 15.8. The van der Waals surface area contributed by atoms with Gasteiger partial charge in [0.2, 0.25) is 5.91 Å². The van der Waals surface area contributed by atoms with Crippen LogP contribution in [0.25, 0.3) is 0 Å². The lowest BCUT2D eigenvalue weighted by Gasteiger charge is -2.22. The third kappa shape index (κ3) is 14.6. The first-order valence-corrected chi connectivity index (χ1v) is 8.70. The van der Waals surface area contributed by atoms with Gasteiger partial charge in [-0.1, -0.05) is 0 Å². The molecule has 0 atom stereocenters. The van der Waals surface area contributed by atoms with E-state index in [0.29, 0.717) is 58.9 Å². The van der Waals surface area contributed by atoms with Crippen LogP contribution >= 0.6 is 0 Å². The molecular formula is C16H34N4O5. The Morgan fingerprint density at radius 2 is 1.48 bits per heavy atom. The summed E-state index contributed by atoms with van der Waals surface area (Å²) in [6, 6.07) is 0. The van der Waals surface area contributed by atoms with E-state index < -0.39 is 6.09 Å². The Hall–Kier alpha value is -1.42. The minimum atomic E-state index is -0.469. The molecule has 0 radical (unpaired) electrons. The Balaban J connectivity index is 3.57. The van der Waals surface area contributed by atoms with Gasteiger partial charge >= 0.3 is 6.09 Å². The number of hydrogen-bond acceptors (Lipinski definition) is 7. The van der Waals surface area contributed by atoms with Gasteiger partial charge in [0.25, 0.3) is 0 Å². The second kappa shape index (κ2) is 17.4. The first-order valence-electron chi connectivity index (χ1n) is 8.70. The van der Waals surface area contributed by atoms with E-state index in [-0.39, 0.29) is 5.91 Å². The zero-order chi connectivity index (χ0) is 18.8. The van der Waals surface area contributed by atoms with Crippen molar-refractivity contribution in [1.82, 2.24) is 20.9 Å². The number of hydrogen-bond donors (Lipinski definition) is 3. The van der Waals surface area contributed by atoms with Crippen molar-refractivity contribution in [2.24, 2.45) is 0 Å². The second-order valence-electron chi connectivity index (χ2n) is 5.33. The fraction of sp³-hybridized carbons (Fsp3) is 0.875. The van der Waals surface area contributed by atoms with Gasteiger partial charge in [-0.25, -0.2) is 4.79 Å². The van der Waals surface area contributed by atoms with Crippen molar-refractivity contribution >= 4 is 12.0 Å². The summed E-state index contributed by atoms with van der Waals surface area (Å²) in [7, 11) is 5.07. The average Bonchev–Trinajstić information content (AvgIpc) is 2.62. The van der Waals surface area contributed by atoms with Crippen LogP contribution in [0.2, 0.25) is 0 Å². The van der Waals surface area contributed by atoms with E-state index in [1.807, 2.05) is 19.0 Å². The Morgan fingerprint density at radius 3 is 2.04 bits per heavy atom. The van der Waals surface area contributed by atoms with Crippen molar-refractivity contribution in [3.63, 3.8) is 0 Å². The van der Waals surface area contributed by atoms with Gasteiger partial charge < -0.3 is 35.1 Å². The average molecular weight is 362 g/mol. The summed E-state index contributed by atoms with van der Waals surface area (Å²) >= 11 is 0. The van der Waals surface area contributed by atoms with Gasteiger partial charge in [0.1, 0.15) is 0 Å².